The minimum atomic E-state index is -3.93. The lowest BCUT2D eigenvalue weighted by Gasteiger charge is -2.30. The molecule has 1 aliphatic rings. The van der Waals surface area contributed by atoms with Gasteiger partial charge >= 0.3 is 11.9 Å². The molecule has 1 aromatic rings. The Bertz CT molecular complexity index is 892. The van der Waals surface area contributed by atoms with Crippen LogP contribution in [0, 0.1) is 6.92 Å². The summed E-state index contributed by atoms with van der Waals surface area (Å²) in [5, 5.41) is 0. The van der Waals surface area contributed by atoms with Gasteiger partial charge < -0.3 is 14.2 Å². The third-order valence-corrected chi connectivity index (χ3v) is 4.32. The van der Waals surface area contributed by atoms with Gasteiger partial charge in [-0.2, -0.15) is 8.42 Å². The number of nitrogens with zero attached hydrogens (tertiary/aromatic N) is 1. The van der Waals surface area contributed by atoms with E-state index in [1.165, 1.54) is 13.8 Å². The zero-order chi connectivity index (χ0) is 20.4. The lowest BCUT2D eigenvalue weighted by Crippen LogP contribution is -2.47. The molecule has 0 radical (unpaired) electrons. The minimum absolute atomic E-state index is 0.0636. The van der Waals surface area contributed by atoms with Crippen molar-refractivity contribution in [1.29, 1.82) is 0 Å². The Morgan fingerprint density at radius 2 is 1.93 bits per heavy atom. The van der Waals surface area contributed by atoms with Crippen LogP contribution in [0.3, 0.4) is 0 Å². The first-order chi connectivity index (χ1) is 12.4. The van der Waals surface area contributed by atoms with Gasteiger partial charge in [0.05, 0.1) is 6.26 Å². The van der Waals surface area contributed by atoms with Crippen LogP contribution < -0.4 is 4.74 Å². The Balaban J connectivity index is 2.39. The number of hydrogen-bond acceptors (Lipinski definition) is 9. The highest BCUT2D eigenvalue weighted by Crippen LogP contribution is 2.30. The standard InChI is InChI=1S/C17H21NO8S/c1-10-13(7-6-8-14(10)24-11(2)19)16-18-15(9-23-16)17(4,25-12(3)20)26-27(5,21)22/h6-8,15H,9H2,1-5H3/t15-,17+/m0/s1. The van der Waals surface area contributed by atoms with Gasteiger partial charge in [-0.15, -0.1) is 0 Å². The van der Waals surface area contributed by atoms with Crippen molar-refractivity contribution in [3.05, 3.63) is 29.3 Å². The van der Waals surface area contributed by atoms with Crippen LogP contribution in [0.15, 0.2) is 23.2 Å². The number of aliphatic imine (C=N–C) groups is 1. The van der Waals surface area contributed by atoms with Crippen molar-refractivity contribution in [2.45, 2.75) is 39.5 Å². The van der Waals surface area contributed by atoms with E-state index in [4.69, 9.17) is 18.4 Å². The van der Waals surface area contributed by atoms with E-state index in [-0.39, 0.29) is 12.5 Å². The van der Waals surface area contributed by atoms with Crippen molar-refractivity contribution >= 4 is 28.0 Å². The maximum atomic E-state index is 11.6. The highest BCUT2D eigenvalue weighted by molar-refractivity contribution is 7.86. The van der Waals surface area contributed by atoms with Crippen molar-refractivity contribution in [2.24, 2.45) is 4.99 Å². The fraction of sp³-hybridized carbons (Fsp3) is 0.471. The van der Waals surface area contributed by atoms with E-state index in [0.717, 1.165) is 13.2 Å². The average molecular weight is 399 g/mol. The van der Waals surface area contributed by atoms with Gasteiger partial charge in [0.1, 0.15) is 12.4 Å². The number of carbonyl (C=O) groups excluding carboxylic acids is 2. The second-order valence-corrected chi connectivity index (χ2v) is 7.76. The van der Waals surface area contributed by atoms with Crippen molar-refractivity contribution in [2.75, 3.05) is 12.9 Å². The summed E-state index contributed by atoms with van der Waals surface area (Å²) in [7, 11) is -3.93. The van der Waals surface area contributed by atoms with E-state index in [1.54, 1.807) is 25.1 Å². The Hall–Kier alpha value is -2.46. The monoisotopic (exact) mass is 399 g/mol. The summed E-state index contributed by atoms with van der Waals surface area (Å²) in [5.41, 5.74) is 1.17. The topological polar surface area (TPSA) is 118 Å². The summed E-state index contributed by atoms with van der Waals surface area (Å²) in [4.78, 5) is 27.0. The van der Waals surface area contributed by atoms with Crippen LogP contribution in [0.5, 0.6) is 5.75 Å². The van der Waals surface area contributed by atoms with E-state index < -0.39 is 33.9 Å². The molecule has 0 bridgehead atoms. The average Bonchev–Trinajstić information content (AvgIpc) is 2.96. The van der Waals surface area contributed by atoms with Crippen molar-refractivity contribution in [3.8, 4) is 5.75 Å². The van der Waals surface area contributed by atoms with Gasteiger partial charge in [-0.05, 0) is 19.1 Å². The van der Waals surface area contributed by atoms with Crippen LogP contribution in [0.2, 0.25) is 0 Å². The molecule has 0 fully saturated rings. The molecule has 9 nitrogen and oxygen atoms in total. The molecule has 1 aromatic carbocycles. The lowest BCUT2D eigenvalue weighted by molar-refractivity contribution is -0.195. The Morgan fingerprint density at radius 1 is 1.26 bits per heavy atom. The van der Waals surface area contributed by atoms with Gasteiger partial charge in [0, 0.05) is 31.9 Å². The predicted molar refractivity (Wildman–Crippen MR) is 94.9 cm³/mol. The molecule has 10 heteroatoms. The molecule has 148 valence electrons. The van der Waals surface area contributed by atoms with Crippen molar-refractivity contribution < 1.29 is 36.4 Å². The second kappa shape index (κ2) is 7.65. The summed E-state index contributed by atoms with van der Waals surface area (Å²) in [5.74, 6) is -2.50. The Kier molecular flexibility index (Phi) is 5.91. The number of benzene rings is 1. The Morgan fingerprint density at radius 3 is 2.48 bits per heavy atom. The molecule has 2 atom stereocenters. The van der Waals surface area contributed by atoms with Crippen LogP contribution in [-0.2, 0) is 33.4 Å². The van der Waals surface area contributed by atoms with Gasteiger partial charge in [0.2, 0.25) is 5.90 Å². The molecular formula is C17H21NO8S. The van der Waals surface area contributed by atoms with Crippen molar-refractivity contribution in [1.82, 2.24) is 0 Å². The van der Waals surface area contributed by atoms with Crippen LogP contribution in [0.1, 0.15) is 31.9 Å². The fourth-order valence-corrected chi connectivity index (χ4v) is 3.37. The molecule has 0 aromatic heterocycles. The van der Waals surface area contributed by atoms with E-state index in [0.29, 0.717) is 16.9 Å². The largest absolute Gasteiger partial charge is 0.475 e. The van der Waals surface area contributed by atoms with Gasteiger partial charge in [-0.1, -0.05) is 6.07 Å². The quantitative estimate of drug-likeness (QED) is 0.304. The van der Waals surface area contributed by atoms with Crippen LogP contribution >= 0.6 is 0 Å². The minimum Gasteiger partial charge on any atom is -0.475 e. The number of esters is 2. The third kappa shape index (κ3) is 5.27. The lowest BCUT2D eigenvalue weighted by atomic mass is 10.1. The maximum Gasteiger partial charge on any atom is 0.308 e. The third-order valence-electron chi connectivity index (χ3n) is 3.69. The van der Waals surface area contributed by atoms with Gasteiger partial charge in [-0.25, -0.2) is 9.18 Å². The summed E-state index contributed by atoms with van der Waals surface area (Å²) < 4.78 is 44.0. The van der Waals surface area contributed by atoms with Crippen LogP contribution in [0.4, 0.5) is 0 Å². The zero-order valence-electron chi connectivity index (χ0n) is 15.6. The maximum absolute atomic E-state index is 11.6. The fourth-order valence-electron chi connectivity index (χ4n) is 2.63. The van der Waals surface area contributed by atoms with Crippen LogP contribution in [-0.4, -0.2) is 50.9 Å². The van der Waals surface area contributed by atoms with Crippen molar-refractivity contribution in [3.63, 3.8) is 0 Å². The SMILES string of the molecule is CC(=O)Oc1cccc(C2=N[C@H]([C@](C)(OC(C)=O)OS(C)(=O)=O)CO2)c1C. The highest BCUT2D eigenvalue weighted by atomic mass is 32.2. The summed E-state index contributed by atoms with van der Waals surface area (Å²) in [6.07, 6.45) is 0.849. The number of ether oxygens (including phenoxy) is 3. The molecule has 0 spiro atoms. The number of carbonyl (C=O) groups is 2. The predicted octanol–water partition coefficient (Wildman–Crippen LogP) is 1.32. The molecule has 0 saturated heterocycles. The van der Waals surface area contributed by atoms with Crippen LogP contribution in [0.25, 0.3) is 0 Å². The molecular weight excluding hydrogens is 378 g/mol. The molecule has 0 unspecified atom stereocenters. The Labute approximate surface area is 157 Å². The second-order valence-electron chi connectivity index (χ2n) is 6.18. The molecule has 27 heavy (non-hydrogen) atoms. The van der Waals surface area contributed by atoms with E-state index in [2.05, 4.69) is 4.99 Å². The molecule has 1 heterocycles. The molecule has 0 aliphatic carbocycles. The smallest absolute Gasteiger partial charge is 0.308 e. The summed E-state index contributed by atoms with van der Waals surface area (Å²) in [6.45, 7) is 5.39. The summed E-state index contributed by atoms with van der Waals surface area (Å²) in [6, 6.07) is 4.09. The molecule has 1 aliphatic heterocycles. The zero-order valence-corrected chi connectivity index (χ0v) is 16.5. The molecule has 0 N–H and O–H groups in total. The van der Waals surface area contributed by atoms with Gasteiger partial charge in [0.25, 0.3) is 15.9 Å². The molecule has 0 saturated carbocycles. The van der Waals surface area contributed by atoms with E-state index >= 15 is 0 Å². The highest BCUT2D eigenvalue weighted by Gasteiger charge is 2.45. The first-order valence-corrected chi connectivity index (χ1v) is 9.82. The normalized spacial score (nSPS) is 18.9. The van der Waals surface area contributed by atoms with E-state index in [9.17, 15) is 18.0 Å². The van der Waals surface area contributed by atoms with Gasteiger partial charge in [0.15, 0.2) is 6.04 Å². The number of hydrogen-bond donors (Lipinski definition) is 0. The first-order valence-electron chi connectivity index (χ1n) is 8.00. The number of rotatable bonds is 6. The van der Waals surface area contributed by atoms with E-state index in [1.807, 2.05) is 0 Å². The first kappa shape index (κ1) is 20.8. The molecule has 2 rings (SSSR count). The van der Waals surface area contributed by atoms with Gasteiger partial charge in [-0.3, -0.25) is 9.59 Å². The molecule has 0 amide bonds. The summed E-state index contributed by atoms with van der Waals surface area (Å²) >= 11 is 0.